The molecule has 3 rings (SSSR count). The molecule has 0 radical (unpaired) electrons. The van der Waals surface area contributed by atoms with Crippen LogP contribution in [0.1, 0.15) is 72.1 Å². The largest absolute Gasteiger partial charge is 0.379 e. The molecule has 0 saturated carbocycles. The quantitative estimate of drug-likeness (QED) is 0.740. The van der Waals surface area contributed by atoms with E-state index >= 15 is 0 Å². The molecule has 0 bridgehead atoms. The first-order valence-electron chi connectivity index (χ1n) is 10.7. The summed E-state index contributed by atoms with van der Waals surface area (Å²) in [4.78, 5) is 15.2. The number of morpholine rings is 1. The van der Waals surface area contributed by atoms with E-state index in [4.69, 9.17) is 4.74 Å². The summed E-state index contributed by atoms with van der Waals surface area (Å²) in [5.74, 6) is 0.774. The third-order valence-corrected chi connectivity index (χ3v) is 5.59. The molecule has 1 heterocycles. The van der Waals surface area contributed by atoms with Crippen LogP contribution in [0.5, 0.6) is 0 Å². The number of hydrogen-bond donors (Lipinski definition) is 1. The predicted octanol–water partition coefficient (Wildman–Crippen LogP) is 4.70. The van der Waals surface area contributed by atoms with Crippen molar-refractivity contribution in [2.45, 2.75) is 52.6 Å². The Bertz CT molecular complexity index is 806. The van der Waals surface area contributed by atoms with Gasteiger partial charge < -0.3 is 10.1 Å². The van der Waals surface area contributed by atoms with E-state index in [0.717, 1.165) is 49.5 Å². The first kappa shape index (κ1) is 21.5. The molecule has 0 atom stereocenters. The second-order valence-electron chi connectivity index (χ2n) is 8.54. The molecule has 1 amide bonds. The highest BCUT2D eigenvalue weighted by molar-refractivity contribution is 5.96. The maximum atomic E-state index is 12.8. The molecule has 2 aromatic rings. The zero-order valence-corrected chi connectivity index (χ0v) is 18.2. The second kappa shape index (κ2) is 10.0. The third-order valence-electron chi connectivity index (χ3n) is 5.59. The third kappa shape index (κ3) is 5.91. The second-order valence-corrected chi connectivity index (χ2v) is 8.54. The maximum Gasteiger partial charge on any atom is 0.251 e. The van der Waals surface area contributed by atoms with E-state index in [2.05, 4.69) is 74.3 Å². The Morgan fingerprint density at radius 2 is 1.62 bits per heavy atom. The fourth-order valence-electron chi connectivity index (χ4n) is 3.68. The average molecular weight is 395 g/mol. The Morgan fingerprint density at radius 3 is 2.24 bits per heavy atom. The van der Waals surface area contributed by atoms with Gasteiger partial charge in [-0.05, 0) is 40.2 Å². The first-order chi connectivity index (χ1) is 13.9. The molecule has 1 N–H and O–H groups in total. The van der Waals surface area contributed by atoms with Crippen LogP contribution in [0.4, 0.5) is 0 Å². The topological polar surface area (TPSA) is 41.6 Å². The minimum atomic E-state index is 0.00130. The SMILES string of the molecule is CC(C)c1ccc(C(=O)NCc2ccc(CN3CCOCC3)cc2)c(C(C)C)c1. The zero-order chi connectivity index (χ0) is 20.8. The van der Waals surface area contributed by atoms with Crippen molar-refractivity contribution in [3.8, 4) is 0 Å². The van der Waals surface area contributed by atoms with Crippen molar-refractivity contribution in [1.82, 2.24) is 10.2 Å². The smallest absolute Gasteiger partial charge is 0.251 e. The number of amides is 1. The van der Waals surface area contributed by atoms with E-state index in [1.54, 1.807) is 0 Å². The van der Waals surface area contributed by atoms with Gasteiger partial charge in [0.25, 0.3) is 5.91 Å². The van der Waals surface area contributed by atoms with Crippen LogP contribution in [0, 0.1) is 0 Å². The highest BCUT2D eigenvalue weighted by Gasteiger charge is 2.15. The van der Waals surface area contributed by atoms with Crippen molar-refractivity contribution in [2.75, 3.05) is 26.3 Å². The van der Waals surface area contributed by atoms with E-state index in [-0.39, 0.29) is 5.91 Å². The van der Waals surface area contributed by atoms with Gasteiger partial charge in [-0.3, -0.25) is 9.69 Å². The number of carbonyl (C=O) groups excluding carboxylic acids is 1. The number of ether oxygens (including phenoxy) is 1. The minimum absolute atomic E-state index is 0.00130. The van der Waals surface area contributed by atoms with Gasteiger partial charge >= 0.3 is 0 Å². The van der Waals surface area contributed by atoms with E-state index in [1.165, 1.54) is 11.1 Å². The van der Waals surface area contributed by atoms with Gasteiger partial charge in [0.05, 0.1) is 13.2 Å². The lowest BCUT2D eigenvalue weighted by Crippen LogP contribution is -2.35. The summed E-state index contributed by atoms with van der Waals surface area (Å²) in [7, 11) is 0. The highest BCUT2D eigenvalue weighted by atomic mass is 16.5. The number of hydrogen-bond acceptors (Lipinski definition) is 3. The van der Waals surface area contributed by atoms with Crippen LogP contribution >= 0.6 is 0 Å². The Kier molecular flexibility index (Phi) is 7.45. The molecule has 156 valence electrons. The highest BCUT2D eigenvalue weighted by Crippen LogP contribution is 2.25. The molecular formula is C25H34N2O2. The van der Waals surface area contributed by atoms with Crippen LogP contribution in [0.3, 0.4) is 0 Å². The molecule has 1 aliphatic rings. The van der Waals surface area contributed by atoms with Gasteiger partial charge in [-0.15, -0.1) is 0 Å². The molecule has 0 aromatic heterocycles. The van der Waals surface area contributed by atoms with Crippen molar-refractivity contribution in [2.24, 2.45) is 0 Å². The van der Waals surface area contributed by atoms with E-state index in [0.29, 0.717) is 18.4 Å². The molecule has 0 spiro atoms. The Balaban J connectivity index is 1.60. The molecule has 1 aliphatic heterocycles. The summed E-state index contributed by atoms with van der Waals surface area (Å²) >= 11 is 0. The molecule has 2 aromatic carbocycles. The van der Waals surface area contributed by atoms with E-state index in [9.17, 15) is 4.79 Å². The molecule has 4 heteroatoms. The molecule has 0 unspecified atom stereocenters. The van der Waals surface area contributed by atoms with Gasteiger partial charge in [0.15, 0.2) is 0 Å². The van der Waals surface area contributed by atoms with Gasteiger partial charge in [-0.25, -0.2) is 0 Å². The summed E-state index contributed by atoms with van der Waals surface area (Å²) in [6, 6.07) is 14.8. The van der Waals surface area contributed by atoms with Crippen LogP contribution < -0.4 is 5.32 Å². The molecule has 4 nitrogen and oxygen atoms in total. The number of nitrogens with one attached hydrogen (secondary N) is 1. The molecule has 0 aliphatic carbocycles. The number of nitrogens with zero attached hydrogens (tertiary/aromatic N) is 1. The standard InChI is InChI=1S/C25H34N2O2/c1-18(2)22-9-10-23(24(15-22)19(3)4)25(28)26-16-20-5-7-21(8-6-20)17-27-11-13-29-14-12-27/h5-10,15,18-19H,11-14,16-17H2,1-4H3,(H,26,28). The fraction of sp³-hybridized carbons (Fsp3) is 0.480. The molecule has 1 saturated heterocycles. The molecule has 29 heavy (non-hydrogen) atoms. The van der Waals surface area contributed by atoms with Crippen LogP contribution in [0.25, 0.3) is 0 Å². The van der Waals surface area contributed by atoms with E-state index in [1.807, 2.05) is 6.07 Å². The summed E-state index contributed by atoms with van der Waals surface area (Å²) in [5.41, 5.74) is 5.60. The lowest BCUT2D eigenvalue weighted by molar-refractivity contribution is 0.0342. The maximum absolute atomic E-state index is 12.8. The van der Waals surface area contributed by atoms with Crippen LogP contribution in [0.15, 0.2) is 42.5 Å². The minimum Gasteiger partial charge on any atom is -0.379 e. The van der Waals surface area contributed by atoms with E-state index < -0.39 is 0 Å². The molecule has 1 fully saturated rings. The first-order valence-corrected chi connectivity index (χ1v) is 10.7. The summed E-state index contributed by atoms with van der Waals surface area (Å²) in [6.07, 6.45) is 0. The van der Waals surface area contributed by atoms with Gasteiger partial charge in [0.1, 0.15) is 0 Å². The van der Waals surface area contributed by atoms with Crippen molar-refractivity contribution < 1.29 is 9.53 Å². The number of rotatable bonds is 7. The fourth-order valence-corrected chi connectivity index (χ4v) is 3.68. The van der Waals surface area contributed by atoms with Crippen LogP contribution in [-0.4, -0.2) is 37.1 Å². The summed E-state index contributed by atoms with van der Waals surface area (Å²) in [5, 5.41) is 3.09. The number of carbonyl (C=O) groups is 1. The van der Waals surface area contributed by atoms with Gasteiger partial charge in [0.2, 0.25) is 0 Å². The van der Waals surface area contributed by atoms with Gasteiger partial charge in [-0.1, -0.05) is 64.1 Å². The van der Waals surface area contributed by atoms with Crippen molar-refractivity contribution in [3.05, 3.63) is 70.3 Å². The van der Waals surface area contributed by atoms with Crippen molar-refractivity contribution in [1.29, 1.82) is 0 Å². The Morgan fingerprint density at radius 1 is 0.966 bits per heavy atom. The normalized spacial score (nSPS) is 15.1. The zero-order valence-electron chi connectivity index (χ0n) is 18.2. The predicted molar refractivity (Wildman–Crippen MR) is 118 cm³/mol. The average Bonchev–Trinajstić information content (AvgIpc) is 2.73. The summed E-state index contributed by atoms with van der Waals surface area (Å²) < 4.78 is 5.41. The lowest BCUT2D eigenvalue weighted by Gasteiger charge is -2.26. The monoisotopic (exact) mass is 394 g/mol. The lowest BCUT2D eigenvalue weighted by atomic mass is 9.91. The van der Waals surface area contributed by atoms with Gasteiger partial charge in [0, 0.05) is 31.7 Å². The van der Waals surface area contributed by atoms with Crippen molar-refractivity contribution in [3.63, 3.8) is 0 Å². The van der Waals surface area contributed by atoms with Gasteiger partial charge in [-0.2, -0.15) is 0 Å². The Hall–Kier alpha value is -2.17. The number of benzene rings is 2. The van der Waals surface area contributed by atoms with Crippen LogP contribution in [0.2, 0.25) is 0 Å². The van der Waals surface area contributed by atoms with Crippen LogP contribution in [-0.2, 0) is 17.8 Å². The summed E-state index contributed by atoms with van der Waals surface area (Å²) in [6.45, 7) is 13.8. The van der Waals surface area contributed by atoms with Crippen molar-refractivity contribution >= 4 is 5.91 Å². The Labute approximate surface area is 175 Å². The molecular weight excluding hydrogens is 360 g/mol.